The molecule has 1 aliphatic rings. The standard InChI is InChI=1S/C21H32N4O4S/c1-5-24-12-13-25(30(24,27)28)11-9-16-6-7-19-18(14-16)17(15-23-19)8-10-22-20(26)29-21(2,3)4/h6-7,14-15,23H,5,8-13H2,1-4H3,(H,22,26). The van der Waals surface area contributed by atoms with Gasteiger partial charge in [-0.2, -0.15) is 17.0 Å². The highest BCUT2D eigenvalue weighted by Gasteiger charge is 2.34. The van der Waals surface area contributed by atoms with Crippen molar-refractivity contribution < 1.29 is 17.9 Å². The van der Waals surface area contributed by atoms with Crippen LogP contribution in [0.15, 0.2) is 24.4 Å². The molecular formula is C21H32N4O4S. The van der Waals surface area contributed by atoms with Gasteiger partial charge in [0.1, 0.15) is 5.60 Å². The number of likely N-dealkylation sites (N-methyl/N-ethyl adjacent to an activating group) is 1. The number of hydrogen-bond acceptors (Lipinski definition) is 4. The van der Waals surface area contributed by atoms with Gasteiger partial charge in [-0.25, -0.2) is 4.79 Å². The first-order valence-corrected chi connectivity index (χ1v) is 11.8. The van der Waals surface area contributed by atoms with Crippen LogP contribution in [0.3, 0.4) is 0 Å². The molecule has 0 aliphatic carbocycles. The maximum Gasteiger partial charge on any atom is 0.407 e. The average molecular weight is 437 g/mol. The van der Waals surface area contributed by atoms with Gasteiger partial charge in [0.2, 0.25) is 0 Å². The summed E-state index contributed by atoms with van der Waals surface area (Å²) in [6.45, 7) is 9.93. The van der Waals surface area contributed by atoms with E-state index in [1.165, 1.54) is 4.31 Å². The molecule has 1 aromatic heterocycles. The van der Waals surface area contributed by atoms with E-state index in [4.69, 9.17) is 4.74 Å². The van der Waals surface area contributed by atoms with Gasteiger partial charge in [0.15, 0.2) is 0 Å². The highest BCUT2D eigenvalue weighted by atomic mass is 32.2. The van der Waals surface area contributed by atoms with Gasteiger partial charge >= 0.3 is 6.09 Å². The van der Waals surface area contributed by atoms with E-state index in [1.807, 2.05) is 46.0 Å². The molecule has 1 aromatic carbocycles. The zero-order valence-corrected chi connectivity index (χ0v) is 19.0. The zero-order valence-electron chi connectivity index (χ0n) is 18.2. The molecule has 0 saturated carbocycles. The van der Waals surface area contributed by atoms with Gasteiger partial charge < -0.3 is 15.0 Å². The summed E-state index contributed by atoms with van der Waals surface area (Å²) in [6.07, 6.45) is 2.87. The van der Waals surface area contributed by atoms with E-state index in [0.29, 0.717) is 45.6 Å². The second-order valence-electron chi connectivity index (χ2n) is 8.52. The van der Waals surface area contributed by atoms with Gasteiger partial charge in [0.05, 0.1) is 0 Å². The number of carbonyl (C=O) groups is 1. The predicted molar refractivity (Wildman–Crippen MR) is 118 cm³/mol. The quantitative estimate of drug-likeness (QED) is 0.698. The minimum Gasteiger partial charge on any atom is -0.444 e. The summed E-state index contributed by atoms with van der Waals surface area (Å²) < 4.78 is 33.2. The molecule has 1 amide bonds. The maximum atomic E-state index is 12.4. The third-order valence-corrected chi connectivity index (χ3v) is 7.26. The van der Waals surface area contributed by atoms with Crippen molar-refractivity contribution in [3.05, 3.63) is 35.5 Å². The second-order valence-corrected chi connectivity index (χ2v) is 10.4. The Morgan fingerprint density at radius 2 is 1.93 bits per heavy atom. The molecule has 2 aromatic rings. The molecule has 9 heteroatoms. The molecule has 3 rings (SSSR count). The van der Waals surface area contributed by atoms with E-state index in [-0.39, 0.29) is 0 Å². The summed E-state index contributed by atoms with van der Waals surface area (Å²) in [7, 11) is -3.31. The second kappa shape index (κ2) is 8.95. The van der Waals surface area contributed by atoms with Crippen molar-refractivity contribution in [2.45, 2.75) is 46.1 Å². The Hall–Kier alpha value is -2.10. The lowest BCUT2D eigenvalue weighted by Gasteiger charge is -2.19. The fourth-order valence-electron chi connectivity index (χ4n) is 3.62. The number of carbonyl (C=O) groups excluding carboxylic acids is 1. The Balaban J connectivity index is 1.60. The molecule has 0 atom stereocenters. The normalized spacial score (nSPS) is 17.5. The maximum absolute atomic E-state index is 12.4. The Bertz CT molecular complexity index is 994. The predicted octanol–water partition coefficient (Wildman–Crippen LogP) is 2.66. The molecule has 30 heavy (non-hydrogen) atoms. The lowest BCUT2D eigenvalue weighted by molar-refractivity contribution is 0.0528. The Morgan fingerprint density at radius 1 is 1.20 bits per heavy atom. The van der Waals surface area contributed by atoms with Crippen molar-refractivity contribution in [2.75, 3.05) is 32.7 Å². The van der Waals surface area contributed by atoms with Crippen LogP contribution in [-0.4, -0.2) is 66.4 Å². The third-order valence-electron chi connectivity index (χ3n) is 5.15. The SMILES string of the molecule is CCN1CCN(CCc2ccc3[nH]cc(CCNC(=O)OC(C)(C)C)c3c2)S1(=O)=O. The molecule has 0 spiro atoms. The van der Waals surface area contributed by atoms with Gasteiger partial charge in [-0.1, -0.05) is 13.0 Å². The van der Waals surface area contributed by atoms with Crippen LogP contribution in [0.4, 0.5) is 4.79 Å². The molecule has 0 radical (unpaired) electrons. The van der Waals surface area contributed by atoms with Crippen molar-refractivity contribution in [1.29, 1.82) is 0 Å². The van der Waals surface area contributed by atoms with Crippen LogP contribution in [0, 0.1) is 0 Å². The first-order chi connectivity index (χ1) is 14.1. The van der Waals surface area contributed by atoms with Crippen molar-refractivity contribution in [2.24, 2.45) is 0 Å². The fraction of sp³-hybridized carbons (Fsp3) is 0.571. The van der Waals surface area contributed by atoms with E-state index < -0.39 is 21.9 Å². The molecule has 8 nitrogen and oxygen atoms in total. The number of fused-ring (bicyclic) bond motifs is 1. The van der Waals surface area contributed by atoms with Gasteiger partial charge in [-0.05, 0) is 56.9 Å². The molecular weight excluding hydrogens is 404 g/mol. The van der Waals surface area contributed by atoms with E-state index in [1.54, 1.807) is 4.31 Å². The van der Waals surface area contributed by atoms with Crippen molar-refractivity contribution >= 4 is 27.2 Å². The summed E-state index contributed by atoms with van der Waals surface area (Å²) in [5.74, 6) is 0. The van der Waals surface area contributed by atoms with E-state index >= 15 is 0 Å². The Kier molecular flexibility index (Phi) is 6.74. The number of alkyl carbamates (subject to hydrolysis) is 1. The fourth-order valence-corrected chi connectivity index (χ4v) is 5.22. The molecule has 1 saturated heterocycles. The van der Waals surface area contributed by atoms with Crippen LogP contribution in [0.2, 0.25) is 0 Å². The Labute approximate surface area is 178 Å². The summed E-state index contributed by atoms with van der Waals surface area (Å²) in [5.41, 5.74) is 2.70. The lowest BCUT2D eigenvalue weighted by Crippen LogP contribution is -2.34. The van der Waals surface area contributed by atoms with E-state index in [2.05, 4.69) is 16.4 Å². The van der Waals surface area contributed by atoms with Crippen LogP contribution in [0.5, 0.6) is 0 Å². The van der Waals surface area contributed by atoms with Crippen molar-refractivity contribution in [3.8, 4) is 0 Å². The highest BCUT2D eigenvalue weighted by Crippen LogP contribution is 2.22. The topological polar surface area (TPSA) is 94.7 Å². The van der Waals surface area contributed by atoms with E-state index in [0.717, 1.165) is 22.0 Å². The monoisotopic (exact) mass is 436 g/mol. The molecule has 1 fully saturated rings. The number of aromatic nitrogens is 1. The summed E-state index contributed by atoms with van der Waals surface area (Å²) in [4.78, 5) is 15.1. The largest absolute Gasteiger partial charge is 0.444 e. The van der Waals surface area contributed by atoms with E-state index in [9.17, 15) is 13.2 Å². The first kappa shape index (κ1) is 22.6. The van der Waals surface area contributed by atoms with Gasteiger partial charge in [0.25, 0.3) is 10.2 Å². The molecule has 166 valence electrons. The summed E-state index contributed by atoms with van der Waals surface area (Å²) in [5, 5.41) is 3.88. The lowest BCUT2D eigenvalue weighted by atomic mass is 10.1. The number of H-pyrrole nitrogens is 1. The van der Waals surface area contributed by atoms with Gasteiger partial charge in [-0.15, -0.1) is 0 Å². The van der Waals surface area contributed by atoms with Crippen molar-refractivity contribution in [3.63, 3.8) is 0 Å². The molecule has 2 heterocycles. The first-order valence-electron chi connectivity index (χ1n) is 10.4. The molecule has 2 N–H and O–H groups in total. The minimum absolute atomic E-state index is 0.420. The van der Waals surface area contributed by atoms with Crippen LogP contribution in [-0.2, 0) is 27.8 Å². The molecule has 0 bridgehead atoms. The Morgan fingerprint density at radius 3 is 2.60 bits per heavy atom. The van der Waals surface area contributed by atoms with Crippen LogP contribution in [0.25, 0.3) is 10.9 Å². The summed E-state index contributed by atoms with van der Waals surface area (Å²) in [6, 6.07) is 6.16. The highest BCUT2D eigenvalue weighted by molar-refractivity contribution is 7.87. The average Bonchev–Trinajstić information content (AvgIpc) is 3.18. The number of rotatable bonds is 7. The van der Waals surface area contributed by atoms with Crippen molar-refractivity contribution in [1.82, 2.24) is 18.9 Å². The number of amides is 1. The smallest absolute Gasteiger partial charge is 0.407 e. The van der Waals surface area contributed by atoms with Crippen LogP contribution < -0.4 is 5.32 Å². The molecule has 0 unspecified atom stereocenters. The number of nitrogens with one attached hydrogen (secondary N) is 2. The van der Waals surface area contributed by atoms with Gasteiger partial charge in [0, 0.05) is 49.8 Å². The number of hydrogen-bond donors (Lipinski definition) is 2. The summed E-state index contributed by atoms with van der Waals surface area (Å²) >= 11 is 0. The number of nitrogens with zero attached hydrogens (tertiary/aromatic N) is 2. The van der Waals surface area contributed by atoms with Crippen LogP contribution >= 0.6 is 0 Å². The number of benzene rings is 1. The molecule has 1 aliphatic heterocycles. The number of aromatic amines is 1. The third kappa shape index (κ3) is 5.33. The number of ether oxygens (including phenoxy) is 1. The van der Waals surface area contributed by atoms with Gasteiger partial charge in [-0.3, -0.25) is 0 Å². The zero-order chi connectivity index (χ0) is 21.9. The van der Waals surface area contributed by atoms with Crippen LogP contribution in [0.1, 0.15) is 38.8 Å². The minimum atomic E-state index is -3.31.